The Morgan fingerprint density at radius 2 is 1.38 bits per heavy atom. The van der Waals surface area contributed by atoms with Crippen LogP contribution in [0, 0.1) is 10.8 Å². The van der Waals surface area contributed by atoms with E-state index in [4.69, 9.17) is 0 Å². The van der Waals surface area contributed by atoms with Crippen LogP contribution in [0.2, 0.25) is 0 Å². The smallest absolute Gasteiger partial charge is 0.246 e. The molecule has 0 saturated carbocycles. The number of carbonyl (C=O) groups is 5. The molecule has 12 heteroatoms. The van der Waals surface area contributed by atoms with Crippen molar-refractivity contribution in [2.75, 3.05) is 33.7 Å². The van der Waals surface area contributed by atoms with Crippen LogP contribution >= 0.6 is 0 Å². The summed E-state index contributed by atoms with van der Waals surface area (Å²) in [5.74, 6) is -1.25. The van der Waals surface area contributed by atoms with E-state index in [-0.39, 0.29) is 60.6 Å². The molecule has 1 saturated heterocycles. The zero-order valence-corrected chi connectivity index (χ0v) is 34.3. The van der Waals surface area contributed by atoms with Gasteiger partial charge in [-0.25, -0.2) is 0 Å². The minimum atomic E-state index is -0.841. The second-order valence-electron chi connectivity index (χ2n) is 17.9. The molecule has 2 aromatic rings. The van der Waals surface area contributed by atoms with Crippen LogP contribution in [0.3, 0.4) is 0 Å². The van der Waals surface area contributed by atoms with Gasteiger partial charge in [0.2, 0.25) is 29.5 Å². The minimum absolute atomic E-state index is 0.0676. The molecular formula is C43H63N7O5. The van der Waals surface area contributed by atoms with Crippen molar-refractivity contribution in [3.05, 3.63) is 70.3 Å². The van der Waals surface area contributed by atoms with Crippen LogP contribution in [0.1, 0.15) is 108 Å². The molecule has 0 aromatic heterocycles. The zero-order valence-electron chi connectivity index (χ0n) is 34.3. The number of amides is 5. The molecule has 2 heterocycles. The van der Waals surface area contributed by atoms with Crippen molar-refractivity contribution in [3.8, 4) is 0 Å². The molecule has 55 heavy (non-hydrogen) atoms. The monoisotopic (exact) mass is 757 g/mol. The van der Waals surface area contributed by atoms with Crippen LogP contribution in [0.4, 0.5) is 0 Å². The third-order valence-corrected chi connectivity index (χ3v) is 11.5. The van der Waals surface area contributed by atoms with Crippen LogP contribution in [0.15, 0.2) is 42.5 Å². The molecule has 300 valence electrons. The fraction of sp³-hybridized carbons (Fsp3) is 0.605. The summed E-state index contributed by atoms with van der Waals surface area (Å²) >= 11 is 0. The van der Waals surface area contributed by atoms with Gasteiger partial charge in [-0.15, -0.1) is 0 Å². The molecule has 0 spiro atoms. The fourth-order valence-electron chi connectivity index (χ4n) is 8.42. The summed E-state index contributed by atoms with van der Waals surface area (Å²) in [7, 11) is 3.38. The molecule has 0 radical (unpaired) electrons. The molecule has 5 rings (SSSR count). The summed E-state index contributed by atoms with van der Waals surface area (Å²) in [5.41, 5.74) is 4.42. The van der Waals surface area contributed by atoms with Crippen molar-refractivity contribution >= 4 is 29.5 Å². The molecule has 1 fully saturated rings. The molecule has 2 unspecified atom stereocenters. The highest BCUT2D eigenvalue weighted by Crippen LogP contribution is 2.38. The number of nitrogens with one attached hydrogen (secondary N) is 5. The number of nitrogens with zero attached hydrogens (tertiary/aromatic N) is 2. The first-order valence-corrected chi connectivity index (χ1v) is 19.9. The second-order valence-corrected chi connectivity index (χ2v) is 17.9. The van der Waals surface area contributed by atoms with Gasteiger partial charge >= 0.3 is 0 Å². The van der Waals surface area contributed by atoms with Gasteiger partial charge in [0.25, 0.3) is 0 Å². The van der Waals surface area contributed by atoms with Gasteiger partial charge in [-0.1, -0.05) is 84.0 Å². The van der Waals surface area contributed by atoms with Gasteiger partial charge in [0.15, 0.2) is 0 Å². The summed E-state index contributed by atoms with van der Waals surface area (Å²) in [6.07, 6.45) is 3.86. The van der Waals surface area contributed by atoms with E-state index < -0.39 is 29.0 Å². The Labute approximate surface area is 327 Å². The van der Waals surface area contributed by atoms with Crippen molar-refractivity contribution in [3.63, 3.8) is 0 Å². The number of fused-ring (bicyclic) bond motifs is 2. The Kier molecular flexibility index (Phi) is 13.1. The summed E-state index contributed by atoms with van der Waals surface area (Å²) < 4.78 is 0. The molecule has 1 aliphatic carbocycles. The lowest BCUT2D eigenvalue weighted by atomic mass is 9.84. The van der Waals surface area contributed by atoms with Gasteiger partial charge in [-0.2, -0.15) is 0 Å². The summed E-state index contributed by atoms with van der Waals surface area (Å²) in [4.78, 5) is 72.1. The maximum absolute atomic E-state index is 14.6. The number of likely N-dealkylation sites (tertiary alicyclic amines) is 1. The van der Waals surface area contributed by atoms with Crippen molar-refractivity contribution in [2.45, 2.75) is 123 Å². The van der Waals surface area contributed by atoms with Crippen LogP contribution in [-0.2, 0) is 43.4 Å². The SMILES string of the molecule is CNCC(=O)NC(C(=O)N1Cc2cc(C3C[C@@H](C(=O)N[C@@H]4CCCc5ccccc54)N(C(=O)[C@@H](NC(=O)CNC)C(C)(C)C)C3)ccc2C[C@H]1C)C(C)(C)C. The van der Waals surface area contributed by atoms with E-state index in [1.54, 1.807) is 19.0 Å². The van der Waals surface area contributed by atoms with Gasteiger partial charge in [0, 0.05) is 25.0 Å². The Bertz CT molecular complexity index is 1750. The van der Waals surface area contributed by atoms with Crippen LogP contribution in [-0.4, -0.2) is 97.2 Å². The predicted molar refractivity (Wildman–Crippen MR) is 214 cm³/mol. The van der Waals surface area contributed by atoms with Gasteiger partial charge < -0.3 is 36.4 Å². The zero-order chi connectivity index (χ0) is 40.2. The second kappa shape index (κ2) is 17.2. The fourth-order valence-corrected chi connectivity index (χ4v) is 8.42. The highest BCUT2D eigenvalue weighted by Gasteiger charge is 2.46. The number of benzene rings is 2. The molecule has 5 amide bonds. The third-order valence-electron chi connectivity index (χ3n) is 11.5. The van der Waals surface area contributed by atoms with E-state index in [0.717, 1.165) is 41.5 Å². The van der Waals surface area contributed by atoms with Gasteiger partial charge in [0.05, 0.1) is 19.1 Å². The third kappa shape index (κ3) is 9.75. The number of carbonyl (C=O) groups excluding carboxylic acids is 5. The maximum Gasteiger partial charge on any atom is 0.246 e. The first-order chi connectivity index (χ1) is 25.9. The van der Waals surface area contributed by atoms with Gasteiger partial charge in [-0.3, -0.25) is 24.0 Å². The van der Waals surface area contributed by atoms with Crippen LogP contribution in [0.5, 0.6) is 0 Å². The topological polar surface area (TPSA) is 152 Å². The molecule has 6 atom stereocenters. The quantitative estimate of drug-likeness (QED) is 0.236. The van der Waals surface area contributed by atoms with Crippen molar-refractivity contribution in [1.29, 1.82) is 0 Å². The molecular weight excluding hydrogens is 695 g/mol. The lowest BCUT2D eigenvalue weighted by Crippen LogP contribution is -2.58. The highest BCUT2D eigenvalue weighted by molar-refractivity contribution is 5.94. The summed E-state index contributed by atoms with van der Waals surface area (Å²) in [6.45, 7) is 14.6. The standard InChI is InChI=1S/C43H63N7O5/c1-26-19-28-17-18-29(20-30(28)24-49(26)40(54)37(42(2,3)4)47-35(51)22-44-8)31-21-34(39(53)46-33-16-12-14-27-13-10-11-15-32(27)33)50(25-31)41(55)38(43(5,6)7)48-36(52)23-45-9/h10-11,13,15,17-18,20,26,31,33-34,37-38,44-45H,12,14,16,19,21-25H2,1-9H3,(H,46,53)(H,47,51)(H,48,52)/t26-,31?,33-,34+,37?,38-/m1/s1. The van der Waals surface area contributed by atoms with Crippen molar-refractivity contribution < 1.29 is 24.0 Å². The molecule has 5 N–H and O–H groups in total. The Balaban J connectivity index is 1.44. The normalized spacial score (nSPS) is 22.2. The van der Waals surface area contributed by atoms with Gasteiger partial charge in [-0.05, 0) is 91.8 Å². The maximum atomic E-state index is 14.6. The first kappa shape index (κ1) is 41.9. The molecule has 0 bridgehead atoms. The molecule has 3 aliphatic rings. The lowest BCUT2D eigenvalue weighted by molar-refractivity contribution is -0.144. The van der Waals surface area contributed by atoms with Crippen molar-refractivity contribution in [1.82, 2.24) is 36.4 Å². The number of likely N-dealkylation sites (N-methyl/N-ethyl adjacent to an activating group) is 2. The average Bonchev–Trinajstić information content (AvgIpc) is 3.57. The Hall–Kier alpha value is -4.29. The van der Waals surface area contributed by atoms with Crippen LogP contribution < -0.4 is 26.6 Å². The first-order valence-electron chi connectivity index (χ1n) is 19.9. The Morgan fingerprint density at radius 1 is 0.782 bits per heavy atom. The molecule has 12 nitrogen and oxygen atoms in total. The van der Waals surface area contributed by atoms with E-state index >= 15 is 0 Å². The predicted octanol–water partition coefficient (Wildman–Crippen LogP) is 3.34. The molecule has 2 aliphatic heterocycles. The number of hydrogen-bond acceptors (Lipinski definition) is 7. The van der Waals surface area contributed by atoms with E-state index in [9.17, 15) is 24.0 Å². The lowest BCUT2D eigenvalue weighted by Gasteiger charge is -2.40. The average molecular weight is 758 g/mol. The van der Waals surface area contributed by atoms with E-state index in [1.807, 2.05) is 65.5 Å². The largest absolute Gasteiger partial charge is 0.347 e. The van der Waals surface area contributed by atoms with Crippen LogP contribution in [0.25, 0.3) is 0 Å². The molecule has 2 aromatic carbocycles. The summed E-state index contributed by atoms with van der Waals surface area (Å²) in [6, 6.07) is 12.1. The number of hydrogen-bond donors (Lipinski definition) is 5. The minimum Gasteiger partial charge on any atom is -0.347 e. The highest BCUT2D eigenvalue weighted by atomic mass is 16.2. The van der Waals surface area contributed by atoms with E-state index in [2.05, 4.69) is 56.9 Å². The summed E-state index contributed by atoms with van der Waals surface area (Å²) in [5, 5.41) is 15.0. The number of rotatable bonds is 11. The Morgan fingerprint density at radius 3 is 1.98 bits per heavy atom. The number of aryl methyl sites for hydroxylation is 1. The van der Waals surface area contributed by atoms with E-state index in [1.165, 1.54) is 5.56 Å². The van der Waals surface area contributed by atoms with Gasteiger partial charge in [0.1, 0.15) is 18.1 Å². The van der Waals surface area contributed by atoms with E-state index in [0.29, 0.717) is 25.9 Å². The van der Waals surface area contributed by atoms with Crippen molar-refractivity contribution in [2.24, 2.45) is 10.8 Å².